The second-order valence-corrected chi connectivity index (χ2v) is 11.8. The molecule has 41 heavy (non-hydrogen) atoms. The Kier molecular flexibility index (Phi) is 7.39. The number of pyridine rings is 1. The van der Waals surface area contributed by atoms with E-state index >= 15 is 4.39 Å². The van der Waals surface area contributed by atoms with Crippen molar-refractivity contribution in [3.05, 3.63) is 34.6 Å². The minimum atomic E-state index is -0.766. The van der Waals surface area contributed by atoms with Gasteiger partial charge in [0.2, 0.25) is 5.91 Å². The number of piperazine rings is 2. The van der Waals surface area contributed by atoms with E-state index in [1.165, 1.54) is 17.0 Å². The number of rotatable bonds is 2. The molecule has 2 aromatic rings. The Bertz CT molecular complexity index is 1400. The molecule has 0 spiro atoms. The smallest absolute Gasteiger partial charge is 0.410 e. The van der Waals surface area contributed by atoms with Gasteiger partial charge in [0, 0.05) is 39.8 Å². The van der Waals surface area contributed by atoms with Crippen molar-refractivity contribution in [2.24, 2.45) is 0 Å². The molecular weight excluding hydrogens is 557 g/mol. The molecular formula is C28H33ClFN5O6. The topological polar surface area (TPSA) is 116 Å². The Morgan fingerprint density at radius 2 is 1.85 bits per heavy atom. The van der Waals surface area contributed by atoms with Crippen LogP contribution in [-0.2, 0) is 9.53 Å². The van der Waals surface area contributed by atoms with Crippen LogP contribution in [0.1, 0.15) is 38.1 Å². The van der Waals surface area contributed by atoms with Gasteiger partial charge < -0.3 is 34.2 Å². The average molecular weight is 590 g/mol. The highest BCUT2D eigenvalue weighted by molar-refractivity contribution is 6.35. The van der Waals surface area contributed by atoms with Crippen molar-refractivity contribution in [1.29, 1.82) is 0 Å². The molecule has 4 heterocycles. The van der Waals surface area contributed by atoms with E-state index < -0.39 is 41.3 Å². The van der Waals surface area contributed by atoms with Crippen LogP contribution < -0.4 is 9.64 Å². The number of ether oxygens (including phenoxy) is 2. The predicted octanol–water partition coefficient (Wildman–Crippen LogP) is 3.37. The second kappa shape index (κ2) is 10.6. The number of carbonyl (C=O) groups excluding carboxylic acids is 3. The zero-order valence-electron chi connectivity index (χ0n) is 23.6. The average Bonchev–Trinajstić information content (AvgIpc) is 3.04. The molecule has 1 aromatic heterocycles. The van der Waals surface area contributed by atoms with Crippen LogP contribution in [0.25, 0.3) is 11.3 Å². The highest BCUT2D eigenvalue weighted by Gasteiger charge is 2.43. The van der Waals surface area contributed by atoms with Gasteiger partial charge in [-0.05, 0) is 39.8 Å². The van der Waals surface area contributed by atoms with Crippen LogP contribution >= 0.6 is 11.6 Å². The van der Waals surface area contributed by atoms with E-state index in [0.717, 1.165) is 6.07 Å². The van der Waals surface area contributed by atoms with Crippen LogP contribution in [0.5, 0.6) is 11.5 Å². The molecule has 2 fully saturated rings. The Hall–Kier alpha value is -3.80. The van der Waals surface area contributed by atoms with E-state index in [0.29, 0.717) is 13.1 Å². The normalized spacial score (nSPS) is 21.2. The molecule has 1 N–H and O–H groups in total. The van der Waals surface area contributed by atoms with Crippen molar-refractivity contribution >= 4 is 35.3 Å². The Labute approximate surface area is 242 Å². The fraction of sp³-hybridized carbons (Fsp3) is 0.500. The molecule has 11 nitrogen and oxygen atoms in total. The molecule has 220 valence electrons. The summed E-state index contributed by atoms with van der Waals surface area (Å²) in [7, 11) is 1.69. The van der Waals surface area contributed by atoms with Crippen LogP contribution in [0.4, 0.5) is 15.0 Å². The van der Waals surface area contributed by atoms with Gasteiger partial charge >= 0.3 is 6.09 Å². The van der Waals surface area contributed by atoms with E-state index in [1.54, 1.807) is 49.4 Å². The fourth-order valence-corrected chi connectivity index (χ4v) is 5.65. The molecule has 0 aliphatic carbocycles. The van der Waals surface area contributed by atoms with Gasteiger partial charge in [-0.25, -0.2) is 14.2 Å². The molecule has 3 aliphatic rings. The number of benzene rings is 1. The van der Waals surface area contributed by atoms with Crippen LogP contribution in [-0.4, -0.2) is 107 Å². The van der Waals surface area contributed by atoms with Gasteiger partial charge in [-0.15, -0.1) is 0 Å². The lowest BCUT2D eigenvalue weighted by atomic mass is 10.0. The first-order valence-corrected chi connectivity index (χ1v) is 13.8. The summed E-state index contributed by atoms with van der Waals surface area (Å²) in [5, 5.41) is 10.4. The largest absolute Gasteiger partial charge is 0.507 e. The van der Waals surface area contributed by atoms with Crippen molar-refractivity contribution < 1.29 is 33.4 Å². The maximum atomic E-state index is 15.0. The minimum Gasteiger partial charge on any atom is -0.507 e. The monoisotopic (exact) mass is 589 g/mol. The first kappa shape index (κ1) is 28.7. The summed E-state index contributed by atoms with van der Waals surface area (Å²) < 4.78 is 26.7. The predicted molar refractivity (Wildman–Crippen MR) is 149 cm³/mol. The number of nitrogens with zero attached hydrogens (tertiary/aromatic N) is 5. The third kappa shape index (κ3) is 5.20. The molecule has 2 saturated heterocycles. The van der Waals surface area contributed by atoms with Gasteiger partial charge in [-0.1, -0.05) is 17.7 Å². The van der Waals surface area contributed by atoms with Gasteiger partial charge in [0.15, 0.2) is 5.75 Å². The van der Waals surface area contributed by atoms with Crippen molar-refractivity contribution in [1.82, 2.24) is 19.7 Å². The highest BCUT2D eigenvalue weighted by Crippen LogP contribution is 2.46. The summed E-state index contributed by atoms with van der Waals surface area (Å²) >= 11 is 6.78. The van der Waals surface area contributed by atoms with Crippen molar-refractivity contribution in [3.8, 4) is 22.8 Å². The third-order valence-corrected chi connectivity index (χ3v) is 7.83. The van der Waals surface area contributed by atoms with Crippen molar-refractivity contribution in [2.75, 3.05) is 51.3 Å². The molecule has 1 unspecified atom stereocenters. The number of hydrogen-bond acceptors (Lipinski definition) is 8. The molecule has 5 rings (SSSR count). The summed E-state index contributed by atoms with van der Waals surface area (Å²) in [5.41, 5.74) is -0.993. The van der Waals surface area contributed by atoms with E-state index in [4.69, 9.17) is 21.1 Å². The molecule has 1 aromatic carbocycles. The number of phenols is 1. The fourth-order valence-electron chi connectivity index (χ4n) is 5.36. The number of aromatic nitrogens is 1. The lowest BCUT2D eigenvalue weighted by Gasteiger charge is -2.41. The summed E-state index contributed by atoms with van der Waals surface area (Å²) in [6, 6.07) is 2.60. The SMILES string of the molecule is C[C@H]1C(=O)N(C)CCN1c1nc(-c2c(O)cccc2F)c(Cl)c2c1C(=O)N1CCN(C(=O)OC(C)(C)C)CC1CO2. The summed E-state index contributed by atoms with van der Waals surface area (Å²) in [4.78, 5) is 50.9. The Morgan fingerprint density at radius 1 is 1.15 bits per heavy atom. The molecule has 3 amide bonds. The quantitative estimate of drug-likeness (QED) is 0.567. The summed E-state index contributed by atoms with van der Waals surface area (Å²) in [6.45, 7) is 8.35. The van der Waals surface area contributed by atoms with Gasteiger partial charge in [-0.2, -0.15) is 0 Å². The van der Waals surface area contributed by atoms with Gasteiger partial charge in [0.25, 0.3) is 5.91 Å². The van der Waals surface area contributed by atoms with Crippen molar-refractivity contribution in [2.45, 2.75) is 45.4 Å². The Morgan fingerprint density at radius 3 is 2.54 bits per heavy atom. The first-order valence-electron chi connectivity index (χ1n) is 13.4. The minimum absolute atomic E-state index is 0.0128. The number of aromatic hydroxyl groups is 1. The molecule has 13 heteroatoms. The van der Waals surface area contributed by atoms with E-state index in [1.807, 2.05) is 0 Å². The van der Waals surface area contributed by atoms with E-state index in [2.05, 4.69) is 4.98 Å². The van der Waals surface area contributed by atoms with Gasteiger partial charge in [-0.3, -0.25) is 9.59 Å². The van der Waals surface area contributed by atoms with Crippen molar-refractivity contribution in [3.63, 3.8) is 0 Å². The van der Waals surface area contributed by atoms with E-state index in [-0.39, 0.29) is 65.6 Å². The number of fused-ring (bicyclic) bond motifs is 2. The number of halogens is 2. The number of hydrogen-bond donors (Lipinski definition) is 1. The number of phenolic OH excluding ortho intramolecular Hbond substituents is 1. The van der Waals surface area contributed by atoms with Crippen LogP contribution in [0.15, 0.2) is 18.2 Å². The highest BCUT2D eigenvalue weighted by atomic mass is 35.5. The maximum absolute atomic E-state index is 15.0. The molecule has 0 radical (unpaired) electrons. The summed E-state index contributed by atoms with van der Waals surface area (Å²) in [6.07, 6.45) is -0.492. The zero-order valence-corrected chi connectivity index (χ0v) is 24.4. The zero-order chi connectivity index (χ0) is 29.8. The third-order valence-electron chi connectivity index (χ3n) is 7.48. The maximum Gasteiger partial charge on any atom is 0.410 e. The molecule has 2 atom stereocenters. The molecule has 0 saturated carbocycles. The second-order valence-electron chi connectivity index (χ2n) is 11.5. The lowest BCUT2D eigenvalue weighted by molar-refractivity contribution is -0.132. The van der Waals surface area contributed by atoms with Crippen LogP contribution in [0.2, 0.25) is 5.02 Å². The molecule has 3 aliphatic heterocycles. The Balaban J connectivity index is 1.61. The van der Waals surface area contributed by atoms with Crippen LogP contribution in [0.3, 0.4) is 0 Å². The number of likely N-dealkylation sites (N-methyl/N-ethyl adjacent to an activating group) is 1. The lowest BCUT2D eigenvalue weighted by Crippen LogP contribution is -2.58. The standard InChI is InChI=1S/C28H33ClFN5O6/c1-15-25(37)32(5)9-11-34(15)24-20-23(21(29)22(31-24)19-17(30)7-6-8-18(19)36)40-14-16-13-33(10-12-35(16)26(20)38)27(39)41-28(2,3)4/h6-8,15-16,36H,9-14H2,1-5H3/t15-,16?/m0/s1. The van der Waals surface area contributed by atoms with E-state index in [9.17, 15) is 19.5 Å². The van der Waals surface area contributed by atoms with Gasteiger partial charge in [0.1, 0.15) is 51.9 Å². The summed E-state index contributed by atoms with van der Waals surface area (Å²) in [5.74, 6) is -1.68. The van der Waals surface area contributed by atoms with Crippen LogP contribution in [0, 0.1) is 5.82 Å². The first-order chi connectivity index (χ1) is 19.3. The van der Waals surface area contributed by atoms with Gasteiger partial charge in [0.05, 0.1) is 11.6 Å². The number of anilines is 1. The number of amides is 3. The molecule has 0 bridgehead atoms. The number of carbonyl (C=O) groups is 3.